The molecule has 0 spiro atoms. The number of likely N-dealkylation sites (N-methyl/N-ethyl adjacent to an activating group) is 1. The molecule has 2 aliphatic heterocycles. The molecule has 4 rings (SSSR count). The maximum absolute atomic E-state index is 13.6. The molecule has 1 atom stereocenters. The van der Waals surface area contributed by atoms with E-state index in [1.807, 2.05) is 6.07 Å². The number of nitrogens with zero attached hydrogens (tertiary/aromatic N) is 2. The van der Waals surface area contributed by atoms with Crippen LogP contribution in [0.25, 0.3) is 5.57 Å². The number of rotatable bonds is 4. The number of benzene rings is 2. The van der Waals surface area contributed by atoms with E-state index in [1.165, 1.54) is 29.8 Å². The zero-order valence-electron chi connectivity index (χ0n) is 16.4. The molecule has 2 N–H and O–H groups in total. The van der Waals surface area contributed by atoms with Gasteiger partial charge in [-0.2, -0.15) is 0 Å². The van der Waals surface area contributed by atoms with Gasteiger partial charge in [0, 0.05) is 48.0 Å². The molecule has 2 heterocycles. The van der Waals surface area contributed by atoms with E-state index in [1.54, 1.807) is 12.3 Å². The minimum absolute atomic E-state index is 0.228. The van der Waals surface area contributed by atoms with Crippen molar-refractivity contribution < 1.29 is 9.18 Å². The molecule has 0 saturated carbocycles. The van der Waals surface area contributed by atoms with Crippen molar-refractivity contribution in [1.29, 1.82) is 0 Å². The van der Waals surface area contributed by atoms with Gasteiger partial charge >= 0.3 is 0 Å². The quantitative estimate of drug-likeness (QED) is 0.795. The number of hydrogen-bond acceptors (Lipinski definition) is 4. The molecule has 1 saturated heterocycles. The molecule has 146 valence electrons. The lowest BCUT2D eigenvalue weighted by Gasteiger charge is -2.23. The van der Waals surface area contributed by atoms with Crippen molar-refractivity contribution >= 4 is 28.5 Å². The molecular weight excluding hydrogens is 355 g/mol. The number of aryl methyl sites for hydroxylation is 1. The van der Waals surface area contributed by atoms with E-state index in [4.69, 9.17) is 0 Å². The third kappa shape index (κ3) is 3.47. The number of anilines is 3. The molecule has 0 bridgehead atoms. The van der Waals surface area contributed by atoms with Crippen LogP contribution in [0, 0.1) is 12.7 Å². The second-order valence-corrected chi connectivity index (χ2v) is 7.70. The van der Waals surface area contributed by atoms with E-state index in [2.05, 4.69) is 53.6 Å². The first kappa shape index (κ1) is 18.5. The fourth-order valence-corrected chi connectivity index (χ4v) is 3.94. The Morgan fingerprint density at radius 3 is 2.79 bits per heavy atom. The summed E-state index contributed by atoms with van der Waals surface area (Å²) < 4.78 is 13.6. The summed E-state index contributed by atoms with van der Waals surface area (Å²) in [6.07, 6.45) is 2.82. The van der Waals surface area contributed by atoms with Gasteiger partial charge in [-0.05, 0) is 69.4 Å². The van der Waals surface area contributed by atoms with Crippen LogP contribution < -0.4 is 15.5 Å². The predicted molar refractivity (Wildman–Crippen MR) is 112 cm³/mol. The van der Waals surface area contributed by atoms with Crippen LogP contribution in [0.2, 0.25) is 0 Å². The highest BCUT2D eigenvalue weighted by Gasteiger charge is 2.26. The van der Waals surface area contributed by atoms with Crippen molar-refractivity contribution in [1.82, 2.24) is 4.90 Å². The molecule has 0 radical (unpaired) electrons. The normalized spacial score (nSPS) is 20.0. The Hall–Kier alpha value is -2.86. The van der Waals surface area contributed by atoms with E-state index in [9.17, 15) is 9.18 Å². The Labute approximate surface area is 164 Å². The highest BCUT2D eigenvalue weighted by Crippen LogP contribution is 2.33. The minimum atomic E-state index is -0.358. The smallest absolute Gasteiger partial charge is 0.257 e. The first-order valence-corrected chi connectivity index (χ1v) is 9.52. The first-order valence-electron chi connectivity index (χ1n) is 9.52. The van der Waals surface area contributed by atoms with E-state index in [0.29, 0.717) is 22.9 Å². The fraction of sp³-hybridized carbons (Fsp3) is 0.318. The Bertz CT molecular complexity index is 954. The number of carbonyl (C=O) groups is 1. The van der Waals surface area contributed by atoms with Crippen molar-refractivity contribution in [2.24, 2.45) is 0 Å². The number of carbonyl (C=O) groups excluding carboxylic acids is 1. The minimum Gasteiger partial charge on any atom is -0.370 e. The predicted octanol–water partition coefficient (Wildman–Crippen LogP) is 3.68. The van der Waals surface area contributed by atoms with Crippen molar-refractivity contribution in [2.75, 3.05) is 42.7 Å². The summed E-state index contributed by atoms with van der Waals surface area (Å²) in [5, 5.41) is 5.95. The van der Waals surface area contributed by atoms with Gasteiger partial charge in [0.15, 0.2) is 0 Å². The fourth-order valence-electron chi connectivity index (χ4n) is 3.94. The zero-order valence-corrected chi connectivity index (χ0v) is 16.4. The second kappa shape index (κ2) is 7.28. The number of amides is 1. The van der Waals surface area contributed by atoms with Crippen LogP contribution in [-0.4, -0.2) is 44.0 Å². The topological polar surface area (TPSA) is 47.6 Å². The van der Waals surface area contributed by atoms with Gasteiger partial charge in [0.25, 0.3) is 5.91 Å². The molecule has 1 unspecified atom stereocenters. The number of hydrogen-bond donors (Lipinski definition) is 2. The Balaban J connectivity index is 1.51. The highest BCUT2D eigenvalue weighted by molar-refractivity contribution is 6.31. The van der Waals surface area contributed by atoms with E-state index >= 15 is 0 Å². The largest absolute Gasteiger partial charge is 0.370 e. The molecule has 2 aliphatic rings. The van der Waals surface area contributed by atoms with Crippen molar-refractivity contribution in [2.45, 2.75) is 19.4 Å². The summed E-state index contributed by atoms with van der Waals surface area (Å²) in [4.78, 5) is 16.9. The molecule has 1 amide bonds. The van der Waals surface area contributed by atoms with Crippen LogP contribution in [0.15, 0.2) is 42.6 Å². The standard InChI is InChI=1S/C22H25FN4O/c1-14-10-16(5-7-21(14)27-9-8-17(13-27)26(2)3)24-12-19-18-11-15(23)4-6-20(18)25-22(19)28/h4-7,10-12,17,24H,8-9,13H2,1-3H3,(H,25,28). The summed E-state index contributed by atoms with van der Waals surface area (Å²) in [6.45, 7) is 4.19. The Morgan fingerprint density at radius 2 is 2.07 bits per heavy atom. The average Bonchev–Trinajstić information content (AvgIpc) is 3.25. The molecule has 0 aliphatic carbocycles. The lowest BCUT2D eigenvalue weighted by atomic mass is 10.1. The SMILES string of the molecule is Cc1cc(NC=C2C(=O)Nc3ccc(F)cc32)ccc1N1CCC(N(C)C)C1. The average molecular weight is 380 g/mol. The molecule has 2 aromatic carbocycles. The molecule has 2 aromatic rings. The van der Waals surface area contributed by atoms with Crippen LogP contribution in [0.5, 0.6) is 0 Å². The van der Waals surface area contributed by atoms with Gasteiger partial charge in [0.05, 0.1) is 5.57 Å². The Kier molecular flexibility index (Phi) is 4.81. The number of fused-ring (bicyclic) bond motifs is 1. The van der Waals surface area contributed by atoms with Crippen LogP contribution in [0.1, 0.15) is 17.5 Å². The van der Waals surface area contributed by atoms with Gasteiger partial charge in [-0.15, -0.1) is 0 Å². The maximum Gasteiger partial charge on any atom is 0.257 e. The number of halogens is 1. The third-order valence-corrected chi connectivity index (χ3v) is 5.58. The van der Waals surface area contributed by atoms with Crippen molar-refractivity contribution in [3.63, 3.8) is 0 Å². The maximum atomic E-state index is 13.6. The monoisotopic (exact) mass is 380 g/mol. The summed E-state index contributed by atoms with van der Waals surface area (Å²) >= 11 is 0. The zero-order chi connectivity index (χ0) is 19.8. The number of nitrogens with one attached hydrogen (secondary N) is 2. The summed E-state index contributed by atoms with van der Waals surface area (Å²) in [5.74, 6) is -0.587. The van der Waals surface area contributed by atoms with E-state index in [-0.39, 0.29) is 11.7 Å². The highest BCUT2D eigenvalue weighted by atomic mass is 19.1. The third-order valence-electron chi connectivity index (χ3n) is 5.58. The van der Waals surface area contributed by atoms with Gasteiger partial charge in [0.1, 0.15) is 5.82 Å². The van der Waals surface area contributed by atoms with E-state index in [0.717, 1.165) is 18.8 Å². The van der Waals surface area contributed by atoms with Crippen LogP contribution in [0.4, 0.5) is 21.5 Å². The molecule has 28 heavy (non-hydrogen) atoms. The van der Waals surface area contributed by atoms with Gasteiger partial charge in [-0.3, -0.25) is 4.79 Å². The molecule has 6 heteroatoms. The van der Waals surface area contributed by atoms with Gasteiger partial charge < -0.3 is 20.4 Å². The molecule has 1 fully saturated rings. The van der Waals surface area contributed by atoms with Gasteiger partial charge in [-0.25, -0.2) is 4.39 Å². The van der Waals surface area contributed by atoms with Crippen molar-refractivity contribution in [3.8, 4) is 0 Å². The lowest BCUT2D eigenvalue weighted by Crippen LogP contribution is -2.31. The summed E-state index contributed by atoms with van der Waals surface area (Å²) in [5.41, 5.74) is 4.98. The van der Waals surface area contributed by atoms with Crippen LogP contribution >= 0.6 is 0 Å². The summed E-state index contributed by atoms with van der Waals surface area (Å²) in [7, 11) is 4.26. The second-order valence-electron chi connectivity index (χ2n) is 7.70. The van der Waals surface area contributed by atoms with Gasteiger partial charge in [-0.1, -0.05) is 0 Å². The van der Waals surface area contributed by atoms with Crippen LogP contribution in [0.3, 0.4) is 0 Å². The summed E-state index contributed by atoms with van der Waals surface area (Å²) in [6, 6.07) is 11.1. The molecule has 5 nitrogen and oxygen atoms in total. The van der Waals surface area contributed by atoms with Gasteiger partial charge in [0.2, 0.25) is 0 Å². The first-order chi connectivity index (χ1) is 13.4. The lowest BCUT2D eigenvalue weighted by molar-refractivity contribution is -0.110. The van der Waals surface area contributed by atoms with Crippen molar-refractivity contribution in [3.05, 3.63) is 59.5 Å². The molecule has 0 aromatic heterocycles. The van der Waals surface area contributed by atoms with E-state index < -0.39 is 0 Å². The Morgan fingerprint density at radius 1 is 1.25 bits per heavy atom. The molecular formula is C22H25FN4O. The van der Waals surface area contributed by atoms with Crippen LogP contribution in [-0.2, 0) is 4.79 Å².